The molecule has 168 valence electrons. The van der Waals surface area contributed by atoms with Crippen molar-refractivity contribution in [3.05, 3.63) is 84.4 Å². The molecule has 0 spiro atoms. The topological polar surface area (TPSA) is 44.6 Å². The van der Waals surface area contributed by atoms with Crippen molar-refractivity contribution in [1.29, 1.82) is 0 Å². The van der Waals surface area contributed by atoms with E-state index in [2.05, 4.69) is 27.2 Å². The van der Waals surface area contributed by atoms with Crippen LogP contribution in [0.25, 0.3) is 11.3 Å². The fourth-order valence-electron chi connectivity index (χ4n) is 2.45. The van der Waals surface area contributed by atoms with Gasteiger partial charge in [0.15, 0.2) is 0 Å². The second kappa shape index (κ2) is 10.6. The molecule has 11 heteroatoms. The molecular formula is C21H15F5IrN5. The molecule has 0 radical (unpaired) electrons. The van der Waals surface area contributed by atoms with Crippen molar-refractivity contribution in [1.82, 2.24) is 14.9 Å². The van der Waals surface area contributed by atoms with Gasteiger partial charge in [-0.2, -0.15) is 36.5 Å². The van der Waals surface area contributed by atoms with E-state index in [1.54, 1.807) is 43.3 Å². The Morgan fingerprint density at radius 2 is 1.81 bits per heavy atom. The van der Waals surface area contributed by atoms with Gasteiger partial charge >= 0.3 is 26.3 Å². The predicted molar refractivity (Wildman–Crippen MR) is 104 cm³/mol. The van der Waals surface area contributed by atoms with Crippen LogP contribution in [-0.4, -0.2) is 28.3 Å². The van der Waals surface area contributed by atoms with E-state index in [1.807, 2.05) is 6.92 Å². The molecule has 0 unspecified atom stereocenters. The fraction of sp³-hybridized carbons (Fsp3) is 0.143. The molecule has 0 aliphatic carbocycles. The first-order valence-corrected chi connectivity index (χ1v) is 8.79. The molecule has 32 heavy (non-hydrogen) atoms. The molecule has 0 amide bonds. The number of pyridine rings is 2. The van der Waals surface area contributed by atoms with E-state index in [4.69, 9.17) is 0 Å². The quantitative estimate of drug-likeness (QED) is 0.233. The third kappa shape index (κ3) is 6.54. The number of halogens is 5. The molecule has 0 saturated carbocycles. The number of nitrogens with zero attached hydrogens (tertiary/aromatic N) is 5. The molecular weight excluding hydrogens is 609 g/mol. The molecule has 0 atom stereocenters. The van der Waals surface area contributed by atoms with Crippen LogP contribution in [0.15, 0.2) is 47.7 Å². The van der Waals surface area contributed by atoms with Crippen molar-refractivity contribution in [2.45, 2.75) is 13.1 Å². The van der Waals surface area contributed by atoms with Crippen molar-refractivity contribution < 1.29 is 42.1 Å². The fourth-order valence-corrected chi connectivity index (χ4v) is 2.45. The summed E-state index contributed by atoms with van der Waals surface area (Å²) in [6.45, 7) is 3.50. The SMILES string of the molecule is CN1C=NN(c2[c-]cc(C(F)(F)F)cc2)[CH-]1.Cc1ccnc(-c2[c-]cc(F)nc2F)c1.[Ir+3]. The van der Waals surface area contributed by atoms with E-state index < -0.39 is 23.6 Å². The normalized spacial score (nSPS) is 12.8. The van der Waals surface area contributed by atoms with Gasteiger partial charge in [0.05, 0.1) is 6.34 Å². The molecule has 0 saturated heterocycles. The maximum atomic E-state index is 13.2. The van der Waals surface area contributed by atoms with Crippen molar-refractivity contribution in [3.8, 4) is 11.3 Å². The second-order valence-electron chi connectivity index (χ2n) is 6.42. The van der Waals surface area contributed by atoms with Crippen LogP contribution in [0.2, 0.25) is 0 Å². The number of aromatic nitrogens is 2. The Labute approximate surface area is 195 Å². The standard InChI is InChI=1S/C11H7F2N2.C10H8F3N3.Ir/c1-7-4-5-14-9(6-7)8-2-3-10(12)15-11(8)13;1-15-6-14-16(7-15)9-4-2-8(3-5-9)10(11,12)13;/h3-6H,1H3;2-4,6-7H,1H3;/q-1;-2;+3. The monoisotopic (exact) mass is 625 g/mol. The summed E-state index contributed by atoms with van der Waals surface area (Å²) in [5.74, 6) is -1.78. The van der Waals surface area contributed by atoms with Gasteiger partial charge in [0.25, 0.3) is 0 Å². The summed E-state index contributed by atoms with van der Waals surface area (Å²) in [7, 11) is 1.77. The molecule has 1 aliphatic heterocycles. The van der Waals surface area contributed by atoms with Gasteiger partial charge in [-0.15, -0.1) is 18.8 Å². The predicted octanol–water partition coefficient (Wildman–Crippen LogP) is 4.85. The largest absolute Gasteiger partial charge is 3.00 e. The summed E-state index contributed by atoms with van der Waals surface area (Å²) in [5, 5.41) is 5.39. The number of hydrazone groups is 1. The minimum atomic E-state index is -4.33. The van der Waals surface area contributed by atoms with Crippen LogP contribution in [0, 0.1) is 37.6 Å². The molecule has 5 nitrogen and oxygen atoms in total. The summed E-state index contributed by atoms with van der Waals surface area (Å²) in [6.07, 6.45) is -1.23. The Balaban J connectivity index is 0.000000220. The number of rotatable bonds is 2. The van der Waals surface area contributed by atoms with Gasteiger partial charge in [-0.25, -0.2) is 8.78 Å². The number of alkyl halides is 3. The number of anilines is 1. The van der Waals surface area contributed by atoms with Crippen LogP contribution < -0.4 is 5.01 Å². The van der Waals surface area contributed by atoms with Gasteiger partial charge in [0.1, 0.15) is 11.9 Å². The second-order valence-corrected chi connectivity index (χ2v) is 6.42. The van der Waals surface area contributed by atoms with E-state index in [9.17, 15) is 22.0 Å². The first kappa shape index (κ1) is 25.4. The van der Waals surface area contributed by atoms with E-state index in [0.717, 1.165) is 23.8 Å². The summed E-state index contributed by atoms with van der Waals surface area (Å²) < 4.78 is 62.6. The Morgan fingerprint density at radius 3 is 2.34 bits per heavy atom. The van der Waals surface area contributed by atoms with Crippen molar-refractivity contribution in [3.63, 3.8) is 0 Å². The van der Waals surface area contributed by atoms with Crippen molar-refractivity contribution in [2.24, 2.45) is 5.10 Å². The number of hydrogen-bond donors (Lipinski definition) is 0. The van der Waals surface area contributed by atoms with Crippen LogP contribution in [0.4, 0.5) is 27.6 Å². The molecule has 3 aromatic rings. The number of aryl methyl sites for hydroxylation is 1. The molecule has 0 fully saturated rings. The van der Waals surface area contributed by atoms with Crippen LogP contribution in [0.3, 0.4) is 0 Å². The summed E-state index contributed by atoms with van der Waals surface area (Å²) in [5.41, 5.74) is 1.18. The van der Waals surface area contributed by atoms with Crippen LogP contribution in [0.1, 0.15) is 11.1 Å². The van der Waals surface area contributed by atoms with E-state index in [1.165, 1.54) is 11.1 Å². The molecule has 4 rings (SSSR count). The minimum Gasteiger partial charge on any atom is -0.493 e. The zero-order valence-corrected chi connectivity index (χ0v) is 19.1. The zero-order valence-electron chi connectivity index (χ0n) is 16.7. The molecule has 1 aromatic carbocycles. The average molecular weight is 625 g/mol. The maximum absolute atomic E-state index is 13.2. The molecule has 1 aliphatic rings. The summed E-state index contributed by atoms with van der Waals surface area (Å²) >= 11 is 0. The molecule has 3 heterocycles. The number of hydrogen-bond acceptors (Lipinski definition) is 5. The van der Waals surface area contributed by atoms with Gasteiger partial charge in [0.2, 0.25) is 0 Å². The first-order chi connectivity index (χ1) is 14.6. The van der Waals surface area contributed by atoms with Crippen LogP contribution in [-0.2, 0) is 26.3 Å². The van der Waals surface area contributed by atoms with Crippen LogP contribution >= 0.6 is 0 Å². The van der Waals surface area contributed by atoms with E-state index in [-0.39, 0.29) is 25.7 Å². The van der Waals surface area contributed by atoms with Crippen molar-refractivity contribution >= 4 is 12.0 Å². The molecule has 0 N–H and O–H groups in total. The molecule has 2 aromatic heterocycles. The Bertz CT molecular complexity index is 1070. The smallest absolute Gasteiger partial charge is 0.493 e. The maximum Gasteiger partial charge on any atom is 3.00 e. The third-order valence-corrected chi connectivity index (χ3v) is 3.94. The van der Waals surface area contributed by atoms with Gasteiger partial charge in [0, 0.05) is 6.20 Å². The van der Waals surface area contributed by atoms with E-state index in [0.29, 0.717) is 11.4 Å². The van der Waals surface area contributed by atoms with Gasteiger partial charge in [-0.05, 0) is 25.7 Å². The van der Waals surface area contributed by atoms with Crippen LogP contribution in [0.5, 0.6) is 0 Å². The van der Waals surface area contributed by atoms with Gasteiger partial charge in [-0.1, -0.05) is 34.5 Å². The summed E-state index contributed by atoms with van der Waals surface area (Å²) in [4.78, 5) is 8.73. The minimum absolute atomic E-state index is 0. The molecule has 0 bridgehead atoms. The first-order valence-electron chi connectivity index (χ1n) is 8.79. The zero-order chi connectivity index (χ0) is 22.6. The Kier molecular flexibility index (Phi) is 8.40. The Hall–Kier alpha value is -2.91. The average Bonchev–Trinajstić information content (AvgIpc) is 3.14. The van der Waals surface area contributed by atoms with Gasteiger partial charge < -0.3 is 14.9 Å². The van der Waals surface area contributed by atoms with Gasteiger partial charge in [-0.3, -0.25) is 4.98 Å². The Morgan fingerprint density at radius 1 is 1.06 bits per heavy atom. The van der Waals surface area contributed by atoms with Crippen molar-refractivity contribution in [2.75, 3.05) is 12.1 Å². The number of benzene rings is 1. The summed E-state index contributed by atoms with van der Waals surface area (Å²) in [6, 6.07) is 12.7. The van der Waals surface area contributed by atoms with E-state index >= 15 is 0 Å². The third-order valence-electron chi connectivity index (χ3n) is 3.94.